The summed E-state index contributed by atoms with van der Waals surface area (Å²) in [5, 5.41) is 14.3. The molecule has 3 unspecified atom stereocenters. The minimum Gasteiger partial charge on any atom is -0.508 e. The number of rotatable bonds is 8. The summed E-state index contributed by atoms with van der Waals surface area (Å²) in [5.41, 5.74) is 12.0. The van der Waals surface area contributed by atoms with Gasteiger partial charge in [-0.15, -0.1) is 0 Å². The Hall–Kier alpha value is -3.14. The monoisotopic (exact) mass is 419 g/mol. The minimum atomic E-state index is -0.899. The van der Waals surface area contributed by atoms with Crippen LogP contribution in [0, 0.1) is 0 Å². The van der Waals surface area contributed by atoms with E-state index in [1.54, 1.807) is 12.1 Å². The lowest BCUT2D eigenvalue weighted by Crippen LogP contribution is -2.55. The zero-order valence-corrected chi connectivity index (χ0v) is 17.0. The molecule has 7 N–H and O–H groups in total. The van der Waals surface area contributed by atoms with Crippen molar-refractivity contribution in [2.24, 2.45) is 11.5 Å². The summed E-state index contributed by atoms with van der Waals surface area (Å²) in [6.07, 6.45) is 2.34. The Morgan fingerprint density at radius 3 is 2.47 bits per heavy atom. The maximum Gasteiger partial charge on any atom is 0.242 e. The third-order valence-electron chi connectivity index (χ3n) is 5.05. The Kier molecular flexibility index (Phi) is 8.16. The summed E-state index contributed by atoms with van der Waals surface area (Å²) in [6.45, 7) is 1.61. The maximum atomic E-state index is 12.4. The topological polar surface area (TPSA) is 168 Å². The molecule has 1 saturated heterocycles. The summed E-state index contributed by atoms with van der Waals surface area (Å²) in [5.74, 6) is -1.89. The molecule has 30 heavy (non-hydrogen) atoms. The highest BCUT2D eigenvalue weighted by Crippen LogP contribution is 2.16. The number of hydrogen-bond acceptors (Lipinski definition) is 6. The van der Waals surface area contributed by atoms with E-state index in [0.717, 1.165) is 18.4 Å². The van der Waals surface area contributed by atoms with Crippen LogP contribution in [0.3, 0.4) is 0 Å². The quantitative estimate of drug-likeness (QED) is 0.353. The van der Waals surface area contributed by atoms with Gasteiger partial charge in [0.05, 0.1) is 12.6 Å². The summed E-state index contributed by atoms with van der Waals surface area (Å²) in [6, 6.07) is 3.88. The first-order valence-electron chi connectivity index (χ1n) is 9.89. The van der Waals surface area contributed by atoms with Crippen molar-refractivity contribution in [1.82, 2.24) is 15.5 Å². The highest BCUT2D eigenvalue weighted by Gasteiger charge is 2.31. The average molecular weight is 419 g/mol. The third kappa shape index (κ3) is 6.45. The molecule has 3 atom stereocenters. The molecule has 1 fully saturated rings. The number of carbonyl (C=O) groups excluding carboxylic acids is 4. The van der Waals surface area contributed by atoms with Gasteiger partial charge in [-0.05, 0) is 50.3 Å². The number of primary amides is 1. The largest absolute Gasteiger partial charge is 0.508 e. The Morgan fingerprint density at radius 1 is 1.17 bits per heavy atom. The molecule has 0 bridgehead atoms. The summed E-state index contributed by atoms with van der Waals surface area (Å²) in [4.78, 5) is 49.8. The van der Waals surface area contributed by atoms with E-state index in [9.17, 15) is 24.3 Å². The Bertz CT molecular complexity index is 782. The number of nitrogens with one attached hydrogen (secondary N) is 2. The van der Waals surface area contributed by atoms with E-state index in [1.807, 2.05) is 0 Å². The molecule has 2 rings (SSSR count). The van der Waals surface area contributed by atoms with Crippen molar-refractivity contribution in [3.63, 3.8) is 0 Å². The fourth-order valence-electron chi connectivity index (χ4n) is 3.31. The summed E-state index contributed by atoms with van der Waals surface area (Å²) >= 11 is 0. The predicted octanol–water partition coefficient (Wildman–Crippen LogP) is -1.25. The second kappa shape index (κ2) is 10.6. The number of carbonyl (C=O) groups is 4. The first kappa shape index (κ1) is 23.1. The molecule has 0 saturated carbocycles. The zero-order chi connectivity index (χ0) is 22.3. The molecular weight excluding hydrogens is 390 g/mol. The van der Waals surface area contributed by atoms with Gasteiger partial charge >= 0.3 is 0 Å². The molecule has 0 radical (unpaired) electrons. The van der Waals surface area contributed by atoms with E-state index in [0.29, 0.717) is 13.0 Å². The van der Waals surface area contributed by atoms with E-state index < -0.39 is 41.8 Å². The van der Waals surface area contributed by atoms with Crippen LogP contribution in [-0.4, -0.2) is 64.9 Å². The Balaban J connectivity index is 1.80. The van der Waals surface area contributed by atoms with E-state index in [-0.39, 0.29) is 18.7 Å². The Morgan fingerprint density at radius 2 is 1.83 bits per heavy atom. The third-order valence-corrected chi connectivity index (χ3v) is 5.05. The smallest absolute Gasteiger partial charge is 0.242 e. The first-order valence-corrected chi connectivity index (χ1v) is 9.89. The fourth-order valence-corrected chi connectivity index (χ4v) is 3.31. The summed E-state index contributed by atoms with van der Waals surface area (Å²) < 4.78 is 0. The molecule has 10 heteroatoms. The lowest BCUT2D eigenvalue weighted by molar-refractivity contribution is -0.141. The SMILES string of the molecule is CC(NC(=O)C(N)Cc1ccc(O)cc1)C(=O)NCC(=O)N1CCCCC1C(N)=O. The molecule has 0 aliphatic carbocycles. The lowest BCUT2D eigenvalue weighted by atomic mass is 10.0. The van der Waals surface area contributed by atoms with Gasteiger partial charge in [-0.1, -0.05) is 12.1 Å². The first-order chi connectivity index (χ1) is 14.2. The van der Waals surface area contributed by atoms with Crippen molar-refractivity contribution >= 4 is 23.6 Å². The number of phenols is 1. The average Bonchev–Trinajstić information content (AvgIpc) is 2.73. The number of piperidine rings is 1. The molecular formula is C20H29N5O5. The molecule has 1 aliphatic rings. The molecule has 1 aromatic carbocycles. The van der Waals surface area contributed by atoms with Crippen LogP contribution in [0.1, 0.15) is 31.7 Å². The van der Waals surface area contributed by atoms with Gasteiger partial charge in [-0.2, -0.15) is 0 Å². The number of amides is 4. The number of likely N-dealkylation sites (tertiary alicyclic amines) is 1. The number of phenolic OH excluding ortho intramolecular Hbond substituents is 1. The molecule has 10 nitrogen and oxygen atoms in total. The van der Waals surface area contributed by atoms with Gasteiger partial charge in [0.15, 0.2) is 0 Å². The van der Waals surface area contributed by atoms with Crippen LogP contribution in [0.4, 0.5) is 0 Å². The van der Waals surface area contributed by atoms with Crippen LogP contribution in [0.2, 0.25) is 0 Å². The number of nitrogens with two attached hydrogens (primary N) is 2. The van der Waals surface area contributed by atoms with Gasteiger partial charge in [0.25, 0.3) is 0 Å². The van der Waals surface area contributed by atoms with Gasteiger partial charge in [-0.3, -0.25) is 19.2 Å². The van der Waals surface area contributed by atoms with E-state index in [1.165, 1.54) is 24.0 Å². The molecule has 0 aromatic heterocycles. The van der Waals surface area contributed by atoms with Crippen molar-refractivity contribution in [2.75, 3.05) is 13.1 Å². The highest BCUT2D eigenvalue weighted by molar-refractivity contribution is 5.93. The normalized spacial score (nSPS) is 18.2. The Labute approximate surface area is 175 Å². The lowest BCUT2D eigenvalue weighted by Gasteiger charge is -2.33. The van der Waals surface area contributed by atoms with Gasteiger partial charge in [-0.25, -0.2) is 0 Å². The van der Waals surface area contributed by atoms with Crippen LogP contribution in [0.15, 0.2) is 24.3 Å². The summed E-state index contributed by atoms with van der Waals surface area (Å²) in [7, 11) is 0. The van der Waals surface area contributed by atoms with Crippen LogP contribution in [0.5, 0.6) is 5.75 Å². The molecule has 1 aliphatic heterocycles. The zero-order valence-electron chi connectivity index (χ0n) is 17.0. The van der Waals surface area contributed by atoms with Crippen LogP contribution < -0.4 is 22.1 Å². The maximum absolute atomic E-state index is 12.4. The van der Waals surface area contributed by atoms with Crippen LogP contribution in [0.25, 0.3) is 0 Å². The standard InChI is InChI=1S/C20H29N5O5/c1-12(24-20(30)15(21)10-13-5-7-14(26)8-6-13)19(29)23-11-17(27)25-9-3-2-4-16(25)18(22)28/h5-8,12,15-16,26H,2-4,9-11,21H2,1H3,(H2,22,28)(H,23,29)(H,24,30). The number of nitrogens with zero attached hydrogens (tertiary/aromatic N) is 1. The van der Waals surface area contributed by atoms with Gasteiger partial charge < -0.3 is 32.1 Å². The van der Waals surface area contributed by atoms with Crippen molar-refractivity contribution in [3.8, 4) is 5.75 Å². The highest BCUT2D eigenvalue weighted by atomic mass is 16.3. The van der Waals surface area contributed by atoms with Crippen LogP contribution >= 0.6 is 0 Å². The van der Waals surface area contributed by atoms with Crippen molar-refractivity contribution in [3.05, 3.63) is 29.8 Å². The predicted molar refractivity (Wildman–Crippen MR) is 109 cm³/mol. The molecule has 4 amide bonds. The van der Waals surface area contributed by atoms with E-state index in [4.69, 9.17) is 11.5 Å². The number of aromatic hydroxyl groups is 1. The van der Waals surface area contributed by atoms with Gasteiger partial charge in [0.1, 0.15) is 17.8 Å². The van der Waals surface area contributed by atoms with Gasteiger partial charge in [0.2, 0.25) is 23.6 Å². The van der Waals surface area contributed by atoms with E-state index >= 15 is 0 Å². The molecule has 1 heterocycles. The van der Waals surface area contributed by atoms with Crippen molar-refractivity contribution in [1.29, 1.82) is 0 Å². The van der Waals surface area contributed by atoms with Crippen molar-refractivity contribution in [2.45, 2.75) is 50.7 Å². The van der Waals surface area contributed by atoms with Crippen LogP contribution in [-0.2, 0) is 25.6 Å². The molecule has 164 valence electrons. The van der Waals surface area contributed by atoms with E-state index in [2.05, 4.69) is 10.6 Å². The fraction of sp³-hybridized carbons (Fsp3) is 0.500. The minimum absolute atomic E-state index is 0.114. The second-order valence-corrected chi connectivity index (χ2v) is 7.43. The second-order valence-electron chi connectivity index (χ2n) is 7.43. The molecule has 0 spiro atoms. The molecule has 1 aromatic rings. The van der Waals surface area contributed by atoms with Gasteiger partial charge in [0, 0.05) is 6.54 Å². The number of hydrogen-bond donors (Lipinski definition) is 5. The van der Waals surface area contributed by atoms with Crippen molar-refractivity contribution < 1.29 is 24.3 Å². The number of benzene rings is 1.